The lowest BCUT2D eigenvalue weighted by atomic mass is 9.97. The Kier molecular flexibility index (Phi) is 3.09. The first kappa shape index (κ1) is 11.7. The zero-order valence-electron chi connectivity index (χ0n) is 10.4. The molecular weight excluding hydrogens is 200 g/mol. The minimum Gasteiger partial charge on any atom is -0.456 e. The molecule has 0 amide bonds. The van der Waals surface area contributed by atoms with Crippen LogP contribution in [0.5, 0.6) is 0 Å². The van der Waals surface area contributed by atoms with E-state index in [0.717, 1.165) is 31.6 Å². The molecule has 0 spiro atoms. The van der Waals surface area contributed by atoms with Crippen LogP contribution in [0.3, 0.4) is 0 Å². The summed E-state index contributed by atoms with van der Waals surface area (Å²) in [6.45, 7) is 8.03. The van der Waals surface area contributed by atoms with E-state index >= 15 is 0 Å². The highest BCUT2D eigenvalue weighted by atomic mass is 16.6. The summed E-state index contributed by atoms with van der Waals surface area (Å²) < 4.78 is 5.71. The van der Waals surface area contributed by atoms with Gasteiger partial charge in [-0.3, -0.25) is 0 Å². The first-order chi connectivity index (χ1) is 7.51. The molecule has 0 aromatic rings. The Labute approximate surface area is 98.1 Å². The second-order valence-electron chi connectivity index (χ2n) is 5.92. The van der Waals surface area contributed by atoms with Crippen molar-refractivity contribution < 1.29 is 9.53 Å². The monoisotopic (exact) mass is 222 g/mol. The molecule has 2 rings (SSSR count). The van der Waals surface area contributed by atoms with Crippen molar-refractivity contribution in [3.05, 3.63) is 12.2 Å². The van der Waals surface area contributed by atoms with Crippen LogP contribution in [0.1, 0.15) is 52.4 Å². The van der Waals surface area contributed by atoms with Gasteiger partial charge in [0.15, 0.2) is 0 Å². The Morgan fingerprint density at radius 2 is 2.06 bits per heavy atom. The average molecular weight is 222 g/mol. The van der Waals surface area contributed by atoms with E-state index < -0.39 is 0 Å². The van der Waals surface area contributed by atoms with Gasteiger partial charge >= 0.3 is 5.97 Å². The lowest BCUT2D eigenvalue weighted by molar-refractivity contribution is -0.154. The molecule has 2 bridgehead atoms. The molecule has 0 aromatic heterocycles. The van der Waals surface area contributed by atoms with Crippen molar-refractivity contribution in [3.8, 4) is 0 Å². The van der Waals surface area contributed by atoms with Crippen molar-refractivity contribution >= 4 is 5.97 Å². The fraction of sp³-hybridized carbons (Fsp3) is 0.786. The summed E-state index contributed by atoms with van der Waals surface area (Å²) in [6, 6.07) is 0. The second-order valence-corrected chi connectivity index (χ2v) is 5.92. The van der Waals surface area contributed by atoms with Crippen LogP contribution >= 0.6 is 0 Å². The standard InChI is InChI=1S/C14H22O2/c1-10(2)8-11(3)13(15)16-14-6-4-12(9-14)5-7-14/h10,12H,3-9H2,1-2H3. The summed E-state index contributed by atoms with van der Waals surface area (Å²) in [5.74, 6) is 1.12. The summed E-state index contributed by atoms with van der Waals surface area (Å²) in [6.07, 6.45) is 6.46. The number of rotatable bonds is 4. The molecule has 0 unspecified atom stereocenters. The van der Waals surface area contributed by atoms with Gasteiger partial charge in [-0.15, -0.1) is 0 Å². The first-order valence-electron chi connectivity index (χ1n) is 6.42. The van der Waals surface area contributed by atoms with Crippen LogP contribution in [0.25, 0.3) is 0 Å². The summed E-state index contributed by atoms with van der Waals surface area (Å²) >= 11 is 0. The van der Waals surface area contributed by atoms with E-state index in [2.05, 4.69) is 20.4 Å². The van der Waals surface area contributed by atoms with E-state index in [0.29, 0.717) is 11.5 Å². The Morgan fingerprint density at radius 3 is 2.50 bits per heavy atom. The SMILES string of the molecule is C=C(CC(C)C)C(=O)OC12CCC(CC1)C2. The van der Waals surface area contributed by atoms with Crippen LogP contribution in [0.4, 0.5) is 0 Å². The number of fused-ring (bicyclic) bond motifs is 2. The molecule has 2 heteroatoms. The highest BCUT2D eigenvalue weighted by Crippen LogP contribution is 2.50. The first-order valence-corrected chi connectivity index (χ1v) is 6.42. The zero-order valence-corrected chi connectivity index (χ0v) is 10.4. The molecule has 0 N–H and O–H groups in total. The minimum absolute atomic E-state index is 0.109. The van der Waals surface area contributed by atoms with Gasteiger partial charge in [0, 0.05) is 5.57 Å². The van der Waals surface area contributed by atoms with Crippen LogP contribution in [0, 0.1) is 11.8 Å². The third kappa shape index (κ3) is 2.31. The normalized spacial score (nSPS) is 32.1. The lowest BCUT2D eigenvalue weighted by Crippen LogP contribution is -2.30. The minimum atomic E-state index is -0.156. The van der Waals surface area contributed by atoms with Crippen LogP contribution in [-0.4, -0.2) is 11.6 Å². The number of hydrogen-bond acceptors (Lipinski definition) is 2. The maximum Gasteiger partial charge on any atom is 0.333 e. The van der Waals surface area contributed by atoms with Gasteiger partial charge in [0.2, 0.25) is 0 Å². The molecule has 0 aliphatic heterocycles. The fourth-order valence-electron chi connectivity index (χ4n) is 3.13. The molecule has 0 heterocycles. The van der Waals surface area contributed by atoms with E-state index in [4.69, 9.17) is 4.74 Å². The fourth-order valence-corrected chi connectivity index (χ4v) is 3.13. The molecule has 0 saturated heterocycles. The summed E-state index contributed by atoms with van der Waals surface area (Å²) in [7, 11) is 0. The highest BCUT2D eigenvalue weighted by molar-refractivity contribution is 5.88. The van der Waals surface area contributed by atoms with Gasteiger partial charge in [-0.2, -0.15) is 0 Å². The third-order valence-corrected chi connectivity index (χ3v) is 3.93. The Hall–Kier alpha value is -0.790. The van der Waals surface area contributed by atoms with Gasteiger partial charge in [-0.1, -0.05) is 20.4 Å². The predicted octanol–water partition coefficient (Wildman–Crippen LogP) is 3.46. The van der Waals surface area contributed by atoms with Crippen molar-refractivity contribution in [1.82, 2.24) is 0 Å². The molecule has 0 atom stereocenters. The van der Waals surface area contributed by atoms with Gasteiger partial charge in [0.05, 0.1) is 0 Å². The van der Waals surface area contributed by atoms with Crippen molar-refractivity contribution in [3.63, 3.8) is 0 Å². The maximum absolute atomic E-state index is 11.9. The molecule has 0 radical (unpaired) electrons. The van der Waals surface area contributed by atoms with E-state index in [-0.39, 0.29) is 11.6 Å². The van der Waals surface area contributed by atoms with Gasteiger partial charge < -0.3 is 4.74 Å². The van der Waals surface area contributed by atoms with E-state index in [1.54, 1.807) is 0 Å². The van der Waals surface area contributed by atoms with E-state index in [1.165, 1.54) is 12.8 Å². The second kappa shape index (κ2) is 4.23. The summed E-state index contributed by atoms with van der Waals surface area (Å²) in [5.41, 5.74) is 0.529. The van der Waals surface area contributed by atoms with Gasteiger partial charge in [-0.05, 0) is 50.4 Å². The zero-order chi connectivity index (χ0) is 11.8. The van der Waals surface area contributed by atoms with Crippen LogP contribution in [0.2, 0.25) is 0 Å². The summed E-state index contributed by atoms with van der Waals surface area (Å²) in [4.78, 5) is 11.9. The average Bonchev–Trinajstić information content (AvgIpc) is 2.75. The summed E-state index contributed by atoms with van der Waals surface area (Å²) in [5, 5.41) is 0. The Bertz CT molecular complexity index is 296. The molecule has 90 valence electrons. The molecule has 2 nitrogen and oxygen atoms in total. The van der Waals surface area contributed by atoms with Crippen LogP contribution < -0.4 is 0 Å². The number of carbonyl (C=O) groups is 1. The number of hydrogen-bond donors (Lipinski definition) is 0. The number of ether oxygens (including phenoxy) is 1. The molecule has 2 saturated carbocycles. The van der Waals surface area contributed by atoms with E-state index in [9.17, 15) is 4.79 Å². The molecule has 2 fully saturated rings. The Balaban J connectivity index is 1.90. The van der Waals surface area contributed by atoms with Crippen molar-refractivity contribution in [2.75, 3.05) is 0 Å². The number of carbonyl (C=O) groups excluding carboxylic acids is 1. The molecule has 0 aromatic carbocycles. The predicted molar refractivity (Wildman–Crippen MR) is 64.0 cm³/mol. The third-order valence-electron chi connectivity index (χ3n) is 3.93. The molecular formula is C14H22O2. The maximum atomic E-state index is 11.9. The number of esters is 1. The van der Waals surface area contributed by atoms with Gasteiger partial charge in [0.1, 0.15) is 5.60 Å². The quantitative estimate of drug-likeness (QED) is 0.538. The highest BCUT2D eigenvalue weighted by Gasteiger charge is 2.47. The van der Waals surface area contributed by atoms with Crippen LogP contribution in [0.15, 0.2) is 12.2 Å². The van der Waals surface area contributed by atoms with Crippen LogP contribution in [-0.2, 0) is 9.53 Å². The smallest absolute Gasteiger partial charge is 0.333 e. The molecule has 2 aliphatic rings. The van der Waals surface area contributed by atoms with Gasteiger partial charge in [0.25, 0.3) is 0 Å². The van der Waals surface area contributed by atoms with Crippen molar-refractivity contribution in [2.45, 2.75) is 58.0 Å². The lowest BCUT2D eigenvalue weighted by Gasteiger charge is -2.27. The molecule has 2 aliphatic carbocycles. The largest absolute Gasteiger partial charge is 0.456 e. The van der Waals surface area contributed by atoms with Gasteiger partial charge in [-0.25, -0.2) is 4.79 Å². The van der Waals surface area contributed by atoms with Crippen molar-refractivity contribution in [1.29, 1.82) is 0 Å². The topological polar surface area (TPSA) is 26.3 Å². The van der Waals surface area contributed by atoms with Crippen molar-refractivity contribution in [2.24, 2.45) is 11.8 Å². The molecule has 16 heavy (non-hydrogen) atoms. The Morgan fingerprint density at radius 1 is 1.44 bits per heavy atom. The van der Waals surface area contributed by atoms with E-state index in [1.807, 2.05) is 0 Å².